The Balaban J connectivity index is 3.68. The standard InChI is InChI=1S/C10H23NO2/c1-4-10(5-2,9-12)8-11-6-7-13-3/h11-12H,4-9H2,1-3H3. The minimum atomic E-state index is 0.0632. The minimum Gasteiger partial charge on any atom is -0.396 e. The van der Waals surface area contributed by atoms with Crippen LogP contribution in [0.2, 0.25) is 0 Å². The molecule has 0 amide bonds. The van der Waals surface area contributed by atoms with Crippen LogP contribution in [0, 0.1) is 5.41 Å². The molecule has 3 nitrogen and oxygen atoms in total. The number of ether oxygens (including phenoxy) is 1. The number of hydrogen-bond acceptors (Lipinski definition) is 3. The Kier molecular flexibility index (Phi) is 7.23. The first-order valence-electron chi connectivity index (χ1n) is 5.05. The van der Waals surface area contributed by atoms with Crippen LogP contribution in [-0.2, 0) is 4.74 Å². The van der Waals surface area contributed by atoms with Crippen LogP contribution < -0.4 is 5.32 Å². The summed E-state index contributed by atoms with van der Waals surface area (Å²) in [5, 5.41) is 12.6. The maximum absolute atomic E-state index is 9.26. The first-order valence-corrected chi connectivity index (χ1v) is 5.05. The largest absolute Gasteiger partial charge is 0.396 e. The number of aliphatic hydroxyl groups excluding tert-OH is 1. The lowest BCUT2D eigenvalue weighted by molar-refractivity contribution is 0.109. The molecule has 0 saturated heterocycles. The molecule has 0 saturated carbocycles. The lowest BCUT2D eigenvalue weighted by Gasteiger charge is -2.29. The Hall–Kier alpha value is -0.120. The highest BCUT2D eigenvalue weighted by Gasteiger charge is 2.24. The molecule has 0 aliphatic carbocycles. The third-order valence-corrected chi connectivity index (χ3v) is 2.82. The van der Waals surface area contributed by atoms with Gasteiger partial charge in [-0.1, -0.05) is 13.8 Å². The minimum absolute atomic E-state index is 0.0632. The molecule has 0 radical (unpaired) electrons. The lowest BCUT2D eigenvalue weighted by atomic mass is 9.83. The molecule has 3 heteroatoms. The molecule has 0 aromatic heterocycles. The van der Waals surface area contributed by atoms with Crippen LogP contribution in [0.15, 0.2) is 0 Å². The summed E-state index contributed by atoms with van der Waals surface area (Å²) < 4.78 is 4.93. The van der Waals surface area contributed by atoms with Gasteiger partial charge in [0.25, 0.3) is 0 Å². The molecule has 0 bridgehead atoms. The number of rotatable bonds is 8. The van der Waals surface area contributed by atoms with E-state index in [9.17, 15) is 5.11 Å². The predicted octanol–water partition coefficient (Wildman–Crippen LogP) is 1.02. The monoisotopic (exact) mass is 189 g/mol. The van der Waals surface area contributed by atoms with Crippen LogP contribution >= 0.6 is 0 Å². The molecule has 0 rings (SSSR count). The van der Waals surface area contributed by atoms with Crippen LogP contribution in [0.3, 0.4) is 0 Å². The Morgan fingerprint density at radius 1 is 1.31 bits per heavy atom. The van der Waals surface area contributed by atoms with Crippen molar-refractivity contribution in [1.29, 1.82) is 0 Å². The highest BCUT2D eigenvalue weighted by molar-refractivity contribution is 4.77. The van der Waals surface area contributed by atoms with Gasteiger partial charge in [0.1, 0.15) is 0 Å². The van der Waals surface area contributed by atoms with Gasteiger partial charge in [-0.3, -0.25) is 0 Å². The van der Waals surface area contributed by atoms with Crippen LogP contribution in [0.4, 0.5) is 0 Å². The second kappa shape index (κ2) is 7.30. The summed E-state index contributed by atoms with van der Waals surface area (Å²) in [6.45, 7) is 6.97. The van der Waals surface area contributed by atoms with E-state index in [1.807, 2.05) is 0 Å². The van der Waals surface area contributed by atoms with Crippen molar-refractivity contribution in [2.75, 3.05) is 33.4 Å². The number of nitrogens with one attached hydrogen (secondary N) is 1. The van der Waals surface area contributed by atoms with Crippen molar-refractivity contribution in [3.63, 3.8) is 0 Å². The van der Waals surface area contributed by atoms with Crippen LogP contribution in [-0.4, -0.2) is 38.5 Å². The fourth-order valence-electron chi connectivity index (χ4n) is 1.31. The first-order chi connectivity index (χ1) is 6.24. The van der Waals surface area contributed by atoms with E-state index in [0.29, 0.717) is 0 Å². The van der Waals surface area contributed by atoms with Gasteiger partial charge in [0, 0.05) is 32.2 Å². The van der Waals surface area contributed by atoms with Crippen molar-refractivity contribution in [1.82, 2.24) is 5.32 Å². The molecule has 80 valence electrons. The SMILES string of the molecule is CCC(CC)(CO)CNCCOC. The molecule has 0 unspecified atom stereocenters. The van der Waals surface area contributed by atoms with Gasteiger partial charge in [-0.25, -0.2) is 0 Å². The van der Waals surface area contributed by atoms with E-state index in [2.05, 4.69) is 19.2 Å². The zero-order valence-corrected chi connectivity index (χ0v) is 9.10. The number of hydrogen-bond donors (Lipinski definition) is 2. The summed E-state index contributed by atoms with van der Waals surface area (Å²) in [4.78, 5) is 0. The van der Waals surface area contributed by atoms with Gasteiger partial charge in [-0.05, 0) is 12.8 Å². The molecule has 2 N–H and O–H groups in total. The molecule has 0 aromatic rings. The lowest BCUT2D eigenvalue weighted by Crippen LogP contribution is -2.37. The van der Waals surface area contributed by atoms with Gasteiger partial charge in [0.2, 0.25) is 0 Å². The van der Waals surface area contributed by atoms with Gasteiger partial charge in [-0.2, -0.15) is 0 Å². The molecule has 0 fully saturated rings. The molecule has 0 aliphatic heterocycles. The van der Waals surface area contributed by atoms with Crippen molar-refractivity contribution in [3.8, 4) is 0 Å². The van der Waals surface area contributed by atoms with Crippen LogP contribution in [0.25, 0.3) is 0 Å². The predicted molar refractivity (Wildman–Crippen MR) is 54.8 cm³/mol. The third kappa shape index (κ3) is 4.60. The molecule has 0 atom stereocenters. The van der Waals surface area contributed by atoms with Crippen LogP contribution in [0.5, 0.6) is 0 Å². The highest BCUT2D eigenvalue weighted by atomic mass is 16.5. The van der Waals surface area contributed by atoms with Crippen molar-refractivity contribution < 1.29 is 9.84 Å². The average molecular weight is 189 g/mol. The summed E-state index contributed by atoms with van der Waals surface area (Å²) in [5.74, 6) is 0. The maximum atomic E-state index is 9.26. The Labute approximate surface area is 81.5 Å². The van der Waals surface area contributed by atoms with Gasteiger partial charge in [0.05, 0.1) is 6.61 Å². The summed E-state index contributed by atoms with van der Waals surface area (Å²) in [7, 11) is 1.70. The van der Waals surface area contributed by atoms with E-state index in [4.69, 9.17) is 4.74 Å². The first kappa shape index (κ1) is 12.9. The highest BCUT2D eigenvalue weighted by Crippen LogP contribution is 2.24. The fourth-order valence-corrected chi connectivity index (χ4v) is 1.31. The molecule has 0 heterocycles. The second-order valence-corrected chi connectivity index (χ2v) is 3.53. The maximum Gasteiger partial charge on any atom is 0.0587 e. The summed E-state index contributed by atoms with van der Waals surface area (Å²) in [5.41, 5.74) is 0.0632. The quantitative estimate of drug-likeness (QED) is 0.560. The zero-order chi connectivity index (χ0) is 10.2. The van der Waals surface area contributed by atoms with E-state index in [1.165, 1.54) is 0 Å². The van der Waals surface area contributed by atoms with E-state index in [1.54, 1.807) is 7.11 Å². The van der Waals surface area contributed by atoms with Crippen molar-refractivity contribution in [2.45, 2.75) is 26.7 Å². The smallest absolute Gasteiger partial charge is 0.0587 e. The molecular formula is C10H23NO2. The Morgan fingerprint density at radius 2 is 1.92 bits per heavy atom. The number of methoxy groups -OCH3 is 1. The van der Waals surface area contributed by atoms with Crippen molar-refractivity contribution >= 4 is 0 Å². The van der Waals surface area contributed by atoms with Gasteiger partial charge < -0.3 is 15.2 Å². The summed E-state index contributed by atoms with van der Waals surface area (Å²) in [6, 6.07) is 0. The van der Waals surface area contributed by atoms with E-state index in [0.717, 1.165) is 32.5 Å². The van der Waals surface area contributed by atoms with Crippen molar-refractivity contribution in [2.24, 2.45) is 5.41 Å². The van der Waals surface area contributed by atoms with E-state index in [-0.39, 0.29) is 12.0 Å². The van der Waals surface area contributed by atoms with Gasteiger partial charge in [-0.15, -0.1) is 0 Å². The molecule has 0 aromatic carbocycles. The third-order valence-electron chi connectivity index (χ3n) is 2.82. The van der Waals surface area contributed by atoms with Gasteiger partial charge in [0.15, 0.2) is 0 Å². The van der Waals surface area contributed by atoms with Gasteiger partial charge >= 0.3 is 0 Å². The van der Waals surface area contributed by atoms with Crippen molar-refractivity contribution in [3.05, 3.63) is 0 Å². The summed E-state index contributed by atoms with van der Waals surface area (Å²) >= 11 is 0. The molecule has 13 heavy (non-hydrogen) atoms. The molecule has 0 aliphatic rings. The fraction of sp³-hybridized carbons (Fsp3) is 1.00. The molecule has 0 spiro atoms. The second-order valence-electron chi connectivity index (χ2n) is 3.53. The summed E-state index contributed by atoms with van der Waals surface area (Å²) in [6.07, 6.45) is 2.03. The number of aliphatic hydroxyl groups is 1. The van der Waals surface area contributed by atoms with E-state index < -0.39 is 0 Å². The average Bonchev–Trinajstić information content (AvgIpc) is 2.20. The normalized spacial score (nSPS) is 12.0. The topological polar surface area (TPSA) is 41.5 Å². The zero-order valence-electron chi connectivity index (χ0n) is 9.10. The van der Waals surface area contributed by atoms with Crippen LogP contribution in [0.1, 0.15) is 26.7 Å². The van der Waals surface area contributed by atoms with E-state index >= 15 is 0 Å². The Morgan fingerprint density at radius 3 is 2.31 bits per heavy atom. The molecular weight excluding hydrogens is 166 g/mol. The Bertz CT molecular complexity index is 105.